The van der Waals surface area contributed by atoms with Crippen LogP contribution in [0.4, 0.5) is 0 Å². The van der Waals surface area contributed by atoms with Crippen molar-refractivity contribution in [2.45, 2.75) is 148 Å². The summed E-state index contributed by atoms with van der Waals surface area (Å²) in [6.45, 7) is 6.04. The summed E-state index contributed by atoms with van der Waals surface area (Å²) in [7, 11) is 0. The summed E-state index contributed by atoms with van der Waals surface area (Å²) in [4.78, 5) is 12.1. The number of rotatable bonds is 27. The molecule has 1 atom stereocenters. The normalized spacial score (nSPS) is 11.9. The molecule has 0 aliphatic rings. The van der Waals surface area contributed by atoms with Gasteiger partial charge in [-0.3, -0.25) is 4.79 Å². The van der Waals surface area contributed by atoms with Gasteiger partial charge in [0.2, 0.25) is 5.91 Å². The second kappa shape index (κ2) is 25.9. The molecule has 0 saturated heterocycles. The van der Waals surface area contributed by atoms with E-state index in [1.54, 1.807) is 24.3 Å². The molecule has 0 spiro atoms. The lowest BCUT2D eigenvalue weighted by atomic mass is 10.0. The van der Waals surface area contributed by atoms with Gasteiger partial charge in [0.05, 0.1) is 6.61 Å². The molecule has 0 aliphatic carbocycles. The number of amides is 1. The fourth-order valence-electron chi connectivity index (χ4n) is 4.73. The van der Waals surface area contributed by atoms with Crippen molar-refractivity contribution in [3.8, 4) is 11.5 Å². The molecule has 0 radical (unpaired) electrons. The second-order valence-electron chi connectivity index (χ2n) is 10.8. The summed E-state index contributed by atoms with van der Waals surface area (Å²) in [5.41, 5.74) is 0. The Hall–Kier alpha value is -1.36. The van der Waals surface area contributed by atoms with Crippen LogP contribution in [0.2, 0.25) is 0 Å². The molecule has 220 valence electrons. The SMILES string of the molecule is CCCCCCCCCCCCCCCC(CC)SCCCNC(=O)CCCCCOc1ccc(O)cc1. The molecule has 1 aromatic carbocycles. The fraction of sp³-hybridized carbons (Fsp3) is 0.788. The van der Waals surface area contributed by atoms with E-state index in [1.165, 1.54) is 96.3 Å². The Morgan fingerprint density at radius 3 is 1.97 bits per heavy atom. The second-order valence-corrected chi connectivity index (χ2v) is 12.2. The third-order valence-electron chi connectivity index (χ3n) is 7.24. The van der Waals surface area contributed by atoms with Crippen LogP contribution in [0.5, 0.6) is 11.5 Å². The first-order valence-electron chi connectivity index (χ1n) is 16.0. The van der Waals surface area contributed by atoms with Crippen molar-refractivity contribution < 1.29 is 14.6 Å². The monoisotopic (exact) mass is 549 g/mol. The van der Waals surface area contributed by atoms with Gasteiger partial charge in [0, 0.05) is 18.2 Å². The van der Waals surface area contributed by atoms with Crippen molar-refractivity contribution in [1.82, 2.24) is 5.32 Å². The van der Waals surface area contributed by atoms with Gasteiger partial charge in [0.1, 0.15) is 11.5 Å². The summed E-state index contributed by atoms with van der Waals surface area (Å²) < 4.78 is 5.64. The van der Waals surface area contributed by atoms with Crippen molar-refractivity contribution in [1.29, 1.82) is 0 Å². The van der Waals surface area contributed by atoms with Crippen LogP contribution in [0.25, 0.3) is 0 Å². The largest absolute Gasteiger partial charge is 0.508 e. The van der Waals surface area contributed by atoms with Crippen LogP contribution in [-0.2, 0) is 4.79 Å². The van der Waals surface area contributed by atoms with Gasteiger partial charge in [0.15, 0.2) is 0 Å². The minimum absolute atomic E-state index is 0.175. The molecular weight excluding hydrogens is 490 g/mol. The zero-order valence-corrected chi connectivity index (χ0v) is 25.6. The molecular formula is C33H59NO3S. The topological polar surface area (TPSA) is 58.6 Å². The lowest BCUT2D eigenvalue weighted by molar-refractivity contribution is -0.121. The van der Waals surface area contributed by atoms with E-state index in [0.717, 1.165) is 49.0 Å². The van der Waals surface area contributed by atoms with Crippen LogP contribution in [0.15, 0.2) is 24.3 Å². The molecule has 2 N–H and O–H groups in total. The van der Waals surface area contributed by atoms with Gasteiger partial charge < -0.3 is 15.2 Å². The Balaban J connectivity index is 1.85. The zero-order chi connectivity index (χ0) is 27.5. The third-order valence-corrected chi connectivity index (χ3v) is 8.80. The molecule has 0 saturated carbocycles. The predicted octanol–water partition coefficient (Wildman–Crippen LogP) is 9.83. The highest BCUT2D eigenvalue weighted by atomic mass is 32.2. The molecule has 1 amide bonds. The molecule has 5 heteroatoms. The molecule has 0 fully saturated rings. The number of hydrogen-bond acceptors (Lipinski definition) is 4. The first-order chi connectivity index (χ1) is 18.7. The average Bonchev–Trinajstić information content (AvgIpc) is 2.92. The Kier molecular flexibility index (Phi) is 23.6. The molecule has 0 aliphatic heterocycles. The van der Waals surface area contributed by atoms with Crippen molar-refractivity contribution in [3.05, 3.63) is 24.3 Å². The Morgan fingerprint density at radius 1 is 0.789 bits per heavy atom. The lowest BCUT2D eigenvalue weighted by Gasteiger charge is -2.14. The van der Waals surface area contributed by atoms with E-state index in [-0.39, 0.29) is 11.7 Å². The number of aromatic hydroxyl groups is 1. The van der Waals surface area contributed by atoms with Crippen LogP contribution in [0.1, 0.15) is 142 Å². The quantitative estimate of drug-likeness (QED) is 0.107. The number of carbonyl (C=O) groups excluding carboxylic acids is 1. The van der Waals surface area contributed by atoms with Crippen LogP contribution < -0.4 is 10.1 Å². The summed E-state index contributed by atoms with van der Waals surface area (Å²) in [5, 5.41) is 13.1. The number of unbranched alkanes of at least 4 members (excludes halogenated alkanes) is 14. The molecule has 0 aromatic heterocycles. The predicted molar refractivity (Wildman–Crippen MR) is 167 cm³/mol. The van der Waals surface area contributed by atoms with E-state index in [1.807, 2.05) is 0 Å². The number of ether oxygens (including phenoxy) is 1. The first kappa shape index (κ1) is 34.7. The van der Waals surface area contributed by atoms with Crippen LogP contribution >= 0.6 is 11.8 Å². The smallest absolute Gasteiger partial charge is 0.219 e. The number of phenols is 1. The van der Waals surface area contributed by atoms with E-state index >= 15 is 0 Å². The summed E-state index contributed by atoms with van der Waals surface area (Å²) in [6, 6.07) is 6.79. The Labute approximate surface area is 239 Å². The third kappa shape index (κ3) is 21.6. The molecule has 4 nitrogen and oxygen atoms in total. The van der Waals surface area contributed by atoms with Gasteiger partial charge in [-0.2, -0.15) is 11.8 Å². The number of nitrogens with one attached hydrogen (secondary N) is 1. The van der Waals surface area contributed by atoms with Gasteiger partial charge >= 0.3 is 0 Å². The number of hydrogen-bond donors (Lipinski definition) is 2. The molecule has 0 heterocycles. The van der Waals surface area contributed by atoms with Gasteiger partial charge in [-0.15, -0.1) is 0 Å². The van der Waals surface area contributed by atoms with E-state index in [9.17, 15) is 9.90 Å². The minimum atomic E-state index is 0.175. The Morgan fingerprint density at radius 2 is 1.37 bits per heavy atom. The van der Waals surface area contributed by atoms with Crippen LogP contribution in [0, 0.1) is 0 Å². The Bertz CT molecular complexity index is 652. The highest BCUT2D eigenvalue weighted by Gasteiger charge is 2.07. The van der Waals surface area contributed by atoms with Gasteiger partial charge in [0.25, 0.3) is 0 Å². The number of phenolic OH excluding ortho intramolecular Hbond substituents is 1. The molecule has 0 bridgehead atoms. The summed E-state index contributed by atoms with van der Waals surface area (Å²) in [5.74, 6) is 2.34. The average molecular weight is 550 g/mol. The van der Waals surface area contributed by atoms with Crippen molar-refractivity contribution in [2.75, 3.05) is 18.9 Å². The maximum absolute atomic E-state index is 12.1. The highest BCUT2D eigenvalue weighted by molar-refractivity contribution is 7.99. The highest BCUT2D eigenvalue weighted by Crippen LogP contribution is 2.22. The van der Waals surface area contributed by atoms with E-state index in [0.29, 0.717) is 13.0 Å². The van der Waals surface area contributed by atoms with Gasteiger partial charge in [-0.1, -0.05) is 97.3 Å². The van der Waals surface area contributed by atoms with E-state index in [2.05, 4.69) is 30.9 Å². The number of carbonyl (C=O) groups is 1. The van der Waals surface area contributed by atoms with Crippen molar-refractivity contribution in [3.63, 3.8) is 0 Å². The van der Waals surface area contributed by atoms with Gasteiger partial charge in [-0.05, 0) is 68.5 Å². The molecule has 1 unspecified atom stereocenters. The van der Waals surface area contributed by atoms with Crippen LogP contribution in [0.3, 0.4) is 0 Å². The maximum Gasteiger partial charge on any atom is 0.219 e. The number of benzene rings is 1. The fourth-order valence-corrected chi connectivity index (χ4v) is 5.94. The molecule has 1 aromatic rings. The molecule has 1 rings (SSSR count). The standard InChI is InChI=1S/C33H59NO3S/c1-3-5-6-7-8-9-10-11-12-13-14-15-17-21-32(4-2)38-29-20-27-34-33(36)22-18-16-19-28-37-31-25-23-30(35)24-26-31/h23-26,32,35H,3-22,27-29H2,1-2H3,(H,34,36). The van der Waals surface area contributed by atoms with Crippen molar-refractivity contribution >= 4 is 17.7 Å². The van der Waals surface area contributed by atoms with E-state index in [4.69, 9.17) is 4.74 Å². The van der Waals surface area contributed by atoms with Crippen LogP contribution in [-0.4, -0.2) is 35.2 Å². The van der Waals surface area contributed by atoms with Gasteiger partial charge in [-0.25, -0.2) is 0 Å². The maximum atomic E-state index is 12.1. The lowest BCUT2D eigenvalue weighted by Crippen LogP contribution is -2.24. The number of thioether (sulfide) groups is 1. The zero-order valence-electron chi connectivity index (χ0n) is 24.8. The summed E-state index contributed by atoms with van der Waals surface area (Å²) in [6.07, 6.45) is 25.5. The summed E-state index contributed by atoms with van der Waals surface area (Å²) >= 11 is 2.10. The van der Waals surface area contributed by atoms with Crippen molar-refractivity contribution in [2.24, 2.45) is 0 Å². The minimum Gasteiger partial charge on any atom is -0.508 e. The molecule has 38 heavy (non-hydrogen) atoms. The first-order valence-corrected chi connectivity index (χ1v) is 17.0. The van der Waals surface area contributed by atoms with E-state index < -0.39 is 0 Å².